The van der Waals surface area contributed by atoms with Gasteiger partial charge in [0.1, 0.15) is 0 Å². The van der Waals surface area contributed by atoms with Crippen molar-refractivity contribution < 1.29 is 0 Å². The molecule has 0 nitrogen and oxygen atoms in total. The molecular weight excluding hydrogens is 132 g/mol. The van der Waals surface area contributed by atoms with Crippen LogP contribution in [0.25, 0.3) is 0 Å². The molecule has 0 aromatic rings. The Bertz CT molecular complexity index is 94.2. The number of hydrogen-bond donors (Lipinski definition) is 0. The van der Waals surface area contributed by atoms with E-state index in [-0.39, 0.29) is 0 Å². The standard InChI is InChI=1S/C11H24/c1-6-8-9-11(5,7-2)10(3)4/h10H,6-9H2,1-5H3. The van der Waals surface area contributed by atoms with Gasteiger partial charge in [0.15, 0.2) is 0 Å². The summed E-state index contributed by atoms with van der Waals surface area (Å²) in [4.78, 5) is 0. The fourth-order valence-electron chi connectivity index (χ4n) is 1.45. The van der Waals surface area contributed by atoms with E-state index in [0.717, 1.165) is 5.92 Å². The molecule has 0 bridgehead atoms. The van der Waals surface area contributed by atoms with Crippen LogP contribution < -0.4 is 0 Å². The molecule has 0 heteroatoms. The largest absolute Gasteiger partial charge is 0.0654 e. The molecule has 11 heavy (non-hydrogen) atoms. The van der Waals surface area contributed by atoms with Gasteiger partial charge in [-0.15, -0.1) is 0 Å². The molecule has 0 saturated heterocycles. The molecule has 0 aromatic carbocycles. The van der Waals surface area contributed by atoms with Crippen LogP contribution in [0, 0.1) is 11.3 Å². The molecule has 0 fully saturated rings. The summed E-state index contributed by atoms with van der Waals surface area (Å²) in [5, 5.41) is 0. The molecule has 0 N–H and O–H groups in total. The van der Waals surface area contributed by atoms with E-state index in [1.54, 1.807) is 0 Å². The summed E-state index contributed by atoms with van der Waals surface area (Å²) in [7, 11) is 0. The van der Waals surface area contributed by atoms with E-state index in [2.05, 4.69) is 34.6 Å². The van der Waals surface area contributed by atoms with Gasteiger partial charge in [0.25, 0.3) is 0 Å². The van der Waals surface area contributed by atoms with Crippen molar-refractivity contribution >= 4 is 0 Å². The van der Waals surface area contributed by atoms with Gasteiger partial charge in [-0.3, -0.25) is 0 Å². The van der Waals surface area contributed by atoms with Gasteiger partial charge >= 0.3 is 0 Å². The first-order valence-electron chi connectivity index (χ1n) is 5.06. The van der Waals surface area contributed by atoms with Crippen molar-refractivity contribution in [2.75, 3.05) is 0 Å². The quantitative estimate of drug-likeness (QED) is 0.558. The average Bonchev–Trinajstić information content (AvgIpc) is 2.00. The lowest BCUT2D eigenvalue weighted by molar-refractivity contribution is 0.185. The van der Waals surface area contributed by atoms with Crippen LogP contribution >= 0.6 is 0 Å². The zero-order chi connectivity index (χ0) is 8.91. The molecule has 0 aliphatic heterocycles. The Morgan fingerprint density at radius 1 is 1.18 bits per heavy atom. The summed E-state index contributed by atoms with van der Waals surface area (Å²) < 4.78 is 0. The van der Waals surface area contributed by atoms with Gasteiger partial charge in [-0.25, -0.2) is 0 Å². The molecule has 0 aliphatic rings. The molecule has 0 amide bonds. The Balaban J connectivity index is 3.88. The van der Waals surface area contributed by atoms with Crippen molar-refractivity contribution in [3.63, 3.8) is 0 Å². The first-order valence-corrected chi connectivity index (χ1v) is 5.06. The van der Waals surface area contributed by atoms with Crippen LogP contribution in [0.2, 0.25) is 0 Å². The van der Waals surface area contributed by atoms with E-state index >= 15 is 0 Å². The van der Waals surface area contributed by atoms with Gasteiger partial charge < -0.3 is 0 Å². The maximum absolute atomic E-state index is 2.42. The van der Waals surface area contributed by atoms with Crippen molar-refractivity contribution in [2.24, 2.45) is 11.3 Å². The van der Waals surface area contributed by atoms with Crippen LogP contribution in [0.15, 0.2) is 0 Å². The summed E-state index contributed by atoms with van der Waals surface area (Å²) in [5.41, 5.74) is 0.593. The second-order valence-electron chi connectivity index (χ2n) is 4.27. The zero-order valence-electron chi connectivity index (χ0n) is 8.91. The highest BCUT2D eigenvalue weighted by Crippen LogP contribution is 2.35. The molecular formula is C11H24. The van der Waals surface area contributed by atoms with Gasteiger partial charge in [0, 0.05) is 0 Å². The van der Waals surface area contributed by atoms with Crippen molar-refractivity contribution in [3.8, 4) is 0 Å². The van der Waals surface area contributed by atoms with Crippen LogP contribution in [-0.2, 0) is 0 Å². The minimum Gasteiger partial charge on any atom is -0.0654 e. The summed E-state index contributed by atoms with van der Waals surface area (Å²) >= 11 is 0. The molecule has 68 valence electrons. The fourth-order valence-corrected chi connectivity index (χ4v) is 1.45. The van der Waals surface area contributed by atoms with E-state index in [0.29, 0.717) is 5.41 Å². The lowest BCUT2D eigenvalue weighted by Crippen LogP contribution is -2.22. The SMILES string of the molecule is CCCCC(C)(CC)C(C)C. The summed E-state index contributed by atoms with van der Waals surface area (Å²) in [6, 6.07) is 0. The predicted octanol–water partition coefficient (Wildman–Crippen LogP) is 4.25. The third kappa shape index (κ3) is 3.27. The Kier molecular flexibility index (Phi) is 4.79. The normalized spacial score (nSPS) is 16.9. The summed E-state index contributed by atoms with van der Waals surface area (Å²) in [6.07, 6.45) is 5.45. The van der Waals surface area contributed by atoms with Gasteiger partial charge in [0.05, 0.1) is 0 Å². The molecule has 1 unspecified atom stereocenters. The second kappa shape index (κ2) is 4.79. The van der Waals surface area contributed by atoms with Crippen LogP contribution in [-0.4, -0.2) is 0 Å². The fraction of sp³-hybridized carbons (Fsp3) is 1.00. The molecule has 0 saturated carbocycles. The van der Waals surface area contributed by atoms with E-state index in [1.807, 2.05) is 0 Å². The van der Waals surface area contributed by atoms with E-state index < -0.39 is 0 Å². The van der Waals surface area contributed by atoms with Gasteiger partial charge in [0.2, 0.25) is 0 Å². The van der Waals surface area contributed by atoms with Crippen LogP contribution in [0.1, 0.15) is 60.3 Å². The third-order valence-electron chi connectivity index (χ3n) is 3.30. The van der Waals surface area contributed by atoms with E-state index in [4.69, 9.17) is 0 Å². The van der Waals surface area contributed by atoms with Crippen molar-refractivity contribution in [2.45, 2.75) is 60.3 Å². The average molecular weight is 156 g/mol. The van der Waals surface area contributed by atoms with Crippen molar-refractivity contribution in [1.82, 2.24) is 0 Å². The minimum atomic E-state index is 0.593. The van der Waals surface area contributed by atoms with Crippen molar-refractivity contribution in [3.05, 3.63) is 0 Å². The predicted molar refractivity (Wildman–Crippen MR) is 52.8 cm³/mol. The highest BCUT2D eigenvalue weighted by atomic mass is 14.3. The maximum Gasteiger partial charge on any atom is -0.0305 e. The first-order chi connectivity index (χ1) is 5.06. The summed E-state index contributed by atoms with van der Waals surface area (Å²) in [5.74, 6) is 0.832. The Morgan fingerprint density at radius 3 is 2.00 bits per heavy atom. The molecule has 0 heterocycles. The molecule has 0 spiro atoms. The lowest BCUT2D eigenvalue weighted by atomic mass is 9.73. The van der Waals surface area contributed by atoms with Gasteiger partial charge in [-0.05, 0) is 17.8 Å². The third-order valence-corrected chi connectivity index (χ3v) is 3.30. The Labute approximate surface area is 72.4 Å². The second-order valence-corrected chi connectivity index (χ2v) is 4.27. The van der Waals surface area contributed by atoms with E-state index in [9.17, 15) is 0 Å². The molecule has 1 atom stereocenters. The highest BCUT2D eigenvalue weighted by molar-refractivity contribution is 4.75. The van der Waals surface area contributed by atoms with Gasteiger partial charge in [-0.1, -0.05) is 53.9 Å². The Morgan fingerprint density at radius 2 is 1.73 bits per heavy atom. The number of unbranched alkanes of at least 4 members (excludes halogenated alkanes) is 1. The number of rotatable bonds is 5. The van der Waals surface area contributed by atoms with Gasteiger partial charge in [-0.2, -0.15) is 0 Å². The molecule has 0 aliphatic carbocycles. The zero-order valence-corrected chi connectivity index (χ0v) is 8.91. The molecule has 0 radical (unpaired) electrons. The Hall–Kier alpha value is 0. The maximum atomic E-state index is 2.42. The van der Waals surface area contributed by atoms with E-state index in [1.165, 1.54) is 25.7 Å². The lowest BCUT2D eigenvalue weighted by Gasteiger charge is -2.32. The first kappa shape index (κ1) is 11.0. The topological polar surface area (TPSA) is 0 Å². The summed E-state index contributed by atoms with van der Waals surface area (Å²) in [6.45, 7) is 11.7. The smallest absolute Gasteiger partial charge is 0.0305 e. The highest BCUT2D eigenvalue weighted by Gasteiger charge is 2.24. The van der Waals surface area contributed by atoms with Crippen molar-refractivity contribution in [1.29, 1.82) is 0 Å². The van der Waals surface area contributed by atoms with Crippen LogP contribution in [0.3, 0.4) is 0 Å². The molecule has 0 rings (SSSR count). The van der Waals surface area contributed by atoms with Crippen LogP contribution in [0.4, 0.5) is 0 Å². The monoisotopic (exact) mass is 156 g/mol. The number of hydrogen-bond acceptors (Lipinski definition) is 0. The van der Waals surface area contributed by atoms with Crippen LogP contribution in [0.5, 0.6) is 0 Å². The minimum absolute atomic E-state index is 0.593. The molecule has 0 aromatic heterocycles.